The Balaban J connectivity index is 0.000000218. The van der Waals surface area contributed by atoms with Gasteiger partial charge in [0.15, 0.2) is 22.9 Å². The lowest BCUT2D eigenvalue weighted by molar-refractivity contribution is 0.0718. The van der Waals surface area contributed by atoms with E-state index in [1.54, 1.807) is 9.80 Å². The van der Waals surface area contributed by atoms with E-state index in [0.717, 1.165) is 6.20 Å². The van der Waals surface area contributed by atoms with Gasteiger partial charge in [0.25, 0.3) is 5.88 Å². The first kappa shape index (κ1) is 31.2. The van der Waals surface area contributed by atoms with Gasteiger partial charge in [-0.25, -0.2) is 9.37 Å². The molecule has 0 aliphatic carbocycles. The van der Waals surface area contributed by atoms with E-state index in [-0.39, 0.29) is 39.8 Å². The zero-order valence-electron chi connectivity index (χ0n) is 21.7. The van der Waals surface area contributed by atoms with E-state index in [1.807, 2.05) is 0 Å². The quantitative estimate of drug-likeness (QED) is 0.275. The van der Waals surface area contributed by atoms with Crippen LogP contribution in [0.15, 0.2) is 18.3 Å². The Bertz CT molecular complexity index is 1300. The number of pyridine rings is 1. The second-order valence-corrected chi connectivity index (χ2v) is 9.55. The van der Waals surface area contributed by atoms with Gasteiger partial charge >= 0.3 is 0 Å². The molecule has 17 heteroatoms. The number of aromatic nitrogens is 5. The number of ether oxygens (including phenoxy) is 4. The van der Waals surface area contributed by atoms with Crippen LogP contribution < -0.4 is 14.5 Å². The van der Waals surface area contributed by atoms with E-state index < -0.39 is 23.6 Å². The molecular weight excluding hydrogens is 614 g/mol. The Morgan fingerprint density at radius 3 is 1.93 bits per heavy atom. The number of hydrogen-bond donors (Lipinski definition) is 0. The van der Waals surface area contributed by atoms with Gasteiger partial charge in [0.1, 0.15) is 5.82 Å². The second-order valence-electron chi connectivity index (χ2n) is 8.52. The maximum Gasteiger partial charge on any atom is 0.257 e. The standard InChI is InChI=1S/C16H17ClF2N4O3.C8H8Cl2FN3O/c1-24-9-12(11-3-2-10(18)8-20-11)26-15-13(19)14(21-16(17)22-15)23-4-6-25-7-5-23;9-6-5(11)7(13-8(10)12-6)14-1-3-15-4-2-14/h2-3,8,12H,4-7,9H2,1H3;1-4H2. The summed E-state index contributed by atoms with van der Waals surface area (Å²) in [6.45, 7) is 4.16. The Morgan fingerprint density at radius 1 is 0.829 bits per heavy atom. The van der Waals surface area contributed by atoms with Crippen LogP contribution in [0.5, 0.6) is 5.88 Å². The second kappa shape index (κ2) is 14.9. The van der Waals surface area contributed by atoms with Crippen molar-refractivity contribution in [2.45, 2.75) is 6.10 Å². The molecule has 0 aromatic carbocycles. The Kier molecular flexibility index (Phi) is 11.4. The molecule has 0 N–H and O–H groups in total. The third-order valence-corrected chi connectivity index (χ3v) is 6.40. The smallest absolute Gasteiger partial charge is 0.257 e. The van der Waals surface area contributed by atoms with Gasteiger partial charge in [-0.3, -0.25) is 4.98 Å². The molecule has 1 atom stereocenters. The molecule has 2 fully saturated rings. The molecule has 1 unspecified atom stereocenters. The molecule has 0 spiro atoms. The highest BCUT2D eigenvalue weighted by Crippen LogP contribution is 2.30. The monoisotopic (exact) mass is 637 g/mol. The first-order valence-corrected chi connectivity index (χ1v) is 13.4. The van der Waals surface area contributed by atoms with Crippen molar-refractivity contribution < 1.29 is 32.1 Å². The van der Waals surface area contributed by atoms with Crippen LogP contribution in [-0.2, 0) is 14.2 Å². The van der Waals surface area contributed by atoms with E-state index in [0.29, 0.717) is 58.3 Å². The largest absolute Gasteiger partial charge is 0.463 e. The average molecular weight is 639 g/mol. The lowest BCUT2D eigenvalue weighted by Crippen LogP contribution is -2.37. The van der Waals surface area contributed by atoms with Crippen LogP contribution in [0.1, 0.15) is 11.8 Å². The lowest BCUT2D eigenvalue weighted by Gasteiger charge is -2.28. The predicted molar refractivity (Wildman–Crippen MR) is 145 cm³/mol. The molecule has 222 valence electrons. The van der Waals surface area contributed by atoms with Crippen molar-refractivity contribution >= 4 is 46.4 Å². The van der Waals surface area contributed by atoms with Crippen molar-refractivity contribution in [1.29, 1.82) is 0 Å². The normalized spacial score (nSPS) is 16.2. The van der Waals surface area contributed by atoms with Crippen LogP contribution in [0, 0.1) is 17.5 Å². The minimum atomic E-state index is -0.793. The summed E-state index contributed by atoms with van der Waals surface area (Å²) in [6.07, 6.45) is 0.253. The fourth-order valence-electron chi connectivity index (χ4n) is 3.86. The average Bonchev–Trinajstić information content (AvgIpc) is 2.98. The number of nitrogens with zero attached hydrogens (tertiary/aromatic N) is 7. The van der Waals surface area contributed by atoms with Gasteiger partial charge in [0.2, 0.25) is 22.2 Å². The number of morpholine rings is 2. The van der Waals surface area contributed by atoms with Gasteiger partial charge < -0.3 is 28.7 Å². The third-order valence-electron chi connectivity index (χ3n) is 5.82. The fraction of sp³-hybridized carbons (Fsp3) is 0.458. The number of halogens is 6. The molecule has 3 aromatic heterocycles. The van der Waals surface area contributed by atoms with E-state index in [4.69, 9.17) is 53.8 Å². The van der Waals surface area contributed by atoms with Crippen LogP contribution in [0.3, 0.4) is 0 Å². The Morgan fingerprint density at radius 2 is 1.39 bits per heavy atom. The van der Waals surface area contributed by atoms with E-state index in [2.05, 4.69) is 24.9 Å². The van der Waals surface area contributed by atoms with Crippen LogP contribution in [0.2, 0.25) is 15.7 Å². The first-order chi connectivity index (χ1) is 19.8. The molecular formula is C24H25Cl3F3N7O4. The highest BCUT2D eigenvalue weighted by atomic mass is 35.5. The van der Waals surface area contributed by atoms with Crippen LogP contribution in [0.4, 0.5) is 24.8 Å². The molecule has 2 saturated heterocycles. The van der Waals surface area contributed by atoms with Gasteiger partial charge in [0, 0.05) is 33.3 Å². The molecule has 0 radical (unpaired) electrons. The summed E-state index contributed by atoms with van der Waals surface area (Å²) in [5, 5.41) is -0.453. The number of methoxy groups -OCH3 is 1. The summed E-state index contributed by atoms with van der Waals surface area (Å²) >= 11 is 17.1. The predicted octanol–water partition coefficient (Wildman–Crippen LogP) is 4.17. The topological polar surface area (TPSA) is 108 Å². The highest BCUT2D eigenvalue weighted by Gasteiger charge is 2.25. The van der Waals surface area contributed by atoms with E-state index >= 15 is 0 Å². The van der Waals surface area contributed by atoms with Crippen molar-refractivity contribution in [3.05, 3.63) is 57.2 Å². The SMILES string of the molecule is COCC(Oc1nc(Cl)nc(N2CCOCC2)c1F)c1ccc(F)cn1.Fc1c(Cl)nc(Cl)nc1N1CCOCC1. The van der Waals surface area contributed by atoms with Gasteiger partial charge in [0.05, 0.1) is 44.9 Å². The molecule has 11 nitrogen and oxygen atoms in total. The third kappa shape index (κ3) is 8.40. The molecule has 0 saturated carbocycles. The Hall–Kier alpha value is -2.75. The lowest BCUT2D eigenvalue weighted by atomic mass is 10.2. The molecule has 5 heterocycles. The van der Waals surface area contributed by atoms with Gasteiger partial charge in [-0.15, -0.1) is 0 Å². The number of hydrogen-bond acceptors (Lipinski definition) is 11. The van der Waals surface area contributed by atoms with Crippen LogP contribution in [-0.4, -0.2) is 91.2 Å². The number of anilines is 2. The molecule has 41 heavy (non-hydrogen) atoms. The van der Waals surface area contributed by atoms with E-state index in [9.17, 15) is 13.2 Å². The van der Waals surface area contributed by atoms with Crippen molar-refractivity contribution in [1.82, 2.24) is 24.9 Å². The molecule has 3 aromatic rings. The van der Waals surface area contributed by atoms with Crippen LogP contribution >= 0.6 is 34.8 Å². The minimum Gasteiger partial charge on any atom is -0.463 e. The molecule has 2 aliphatic rings. The van der Waals surface area contributed by atoms with Crippen molar-refractivity contribution in [3.8, 4) is 5.88 Å². The van der Waals surface area contributed by atoms with Gasteiger partial charge in [-0.05, 0) is 35.3 Å². The molecule has 2 aliphatic heterocycles. The Labute approximate surface area is 248 Å². The maximum absolute atomic E-state index is 14.9. The first-order valence-electron chi connectivity index (χ1n) is 12.3. The summed E-state index contributed by atoms with van der Waals surface area (Å²) in [7, 11) is 1.46. The van der Waals surface area contributed by atoms with Gasteiger partial charge in [-0.2, -0.15) is 23.7 Å². The summed E-state index contributed by atoms with van der Waals surface area (Å²) in [6, 6.07) is 2.67. The van der Waals surface area contributed by atoms with Crippen molar-refractivity contribution in [3.63, 3.8) is 0 Å². The molecule has 5 rings (SSSR count). The van der Waals surface area contributed by atoms with E-state index in [1.165, 1.54) is 19.2 Å². The summed E-state index contributed by atoms with van der Waals surface area (Å²) in [5.41, 5.74) is 0.371. The van der Waals surface area contributed by atoms with Crippen molar-refractivity contribution in [2.24, 2.45) is 0 Å². The summed E-state index contributed by atoms with van der Waals surface area (Å²) in [5.74, 6) is -1.99. The summed E-state index contributed by atoms with van der Waals surface area (Å²) in [4.78, 5) is 22.5. The molecule has 0 amide bonds. The minimum absolute atomic E-state index is 0.0477. The fourth-order valence-corrected chi connectivity index (χ4v) is 4.39. The number of rotatable bonds is 7. The zero-order chi connectivity index (χ0) is 29.4. The van der Waals surface area contributed by atoms with Crippen LogP contribution in [0.25, 0.3) is 0 Å². The summed E-state index contributed by atoms with van der Waals surface area (Å²) < 4.78 is 62.7. The van der Waals surface area contributed by atoms with Crippen molar-refractivity contribution in [2.75, 3.05) is 76.1 Å². The van der Waals surface area contributed by atoms with Gasteiger partial charge in [-0.1, -0.05) is 11.6 Å². The highest BCUT2D eigenvalue weighted by molar-refractivity contribution is 6.32. The molecule has 0 bridgehead atoms. The maximum atomic E-state index is 14.9. The zero-order valence-corrected chi connectivity index (χ0v) is 24.0.